The van der Waals surface area contributed by atoms with Gasteiger partial charge in [-0.05, 0) is 43.5 Å². The molecule has 7 heteroatoms. The standard InChI is InChI=1S/C25H26BrN3O3/c1-25(24(31)27-14-19-9-6-12-32-19)16-28-21-11-5-3-7-17(21)13-22(28)23(30)29(25)15-18-8-2-4-10-20(18)26/h2-5,7-8,10-11,13,19H,6,9,12,14-16H2,1H3,(H,27,31). The lowest BCUT2D eigenvalue weighted by Crippen LogP contribution is -2.64. The third kappa shape index (κ3) is 3.63. The van der Waals surface area contributed by atoms with Gasteiger partial charge in [0.15, 0.2) is 0 Å². The number of benzene rings is 2. The molecule has 0 spiro atoms. The van der Waals surface area contributed by atoms with Crippen LogP contribution in [-0.4, -0.2) is 46.1 Å². The molecule has 2 atom stereocenters. The Bertz CT molecular complexity index is 1180. The van der Waals surface area contributed by atoms with E-state index in [4.69, 9.17) is 4.74 Å². The molecule has 0 saturated carbocycles. The van der Waals surface area contributed by atoms with Crippen molar-refractivity contribution in [3.05, 3.63) is 70.3 Å². The van der Waals surface area contributed by atoms with Gasteiger partial charge in [0, 0.05) is 35.1 Å². The minimum Gasteiger partial charge on any atom is -0.376 e. The second-order valence-corrected chi connectivity index (χ2v) is 9.63. The number of hydrogen-bond donors (Lipinski definition) is 1. The van der Waals surface area contributed by atoms with Crippen molar-refractivity contribution in [2.24, 2.45) is 0 Å². The first-order valence-electron chi connectivity index (χ1n) is 11.0. The Morgan fingerprint density at radius 2 is 2.00 bits per heavy atom. The lowest BCUT2D eigenvalue weighted by atomic mass is 9.93. The van der Waals surface area contributed by atoms with Gasteiger partial charge in [-0.2, -0.15) is 0 Å². The van der Waals surface area contributed by atoms with E-state index in [1.165, 1.54) is 0 Å². The molecule has 2 aromatic carbocycles. The summed E-state index contributed by atoms with van der Waals surface area (Å²) in [5.74, 6) is -0.296. The molecule has 0 radical (unpaired) electrons. The number of carbonyl (C=O) groups is 2. The van der Waals surface area contributed by atoms with Crippen LogP contribution in [0.5, 0.6) is 0 Å². The zero-order valence-corrected chi connectivity index (χ0v) is 19.6. The van der Waals surface area contributed by atoms with Crippen LogP contribution in [0, 0.1) is 0 Å². The number of nitrogens with one attached hydrogen (secondary N) is 1. The Morgan fingerprint density at radius 1 is 1.22 bits per heavy atom. The molecular formula is C25H26BrN3O3. The van der Waals surface area contributed by atoms with E-state index in [0.717, 1.165) is 40.4 Å². The summed E-state index contributed by atoms with van der Waals surface area (Å²) in [7, 11) is 0. The summed E-state index contributed by atoms with van der Waals surface area (Å²) in [5, 5.41) is 4.07. The van der Waals surface area contributed by atoms with Crippen molar-refractivity contribution in [1.82, 2.24) is 14.8 Å². The molecule has 1 N–H and O–H groups in total. The average Bonchev–Trinajstić information content (AvgIpc) is 3.44. The molecule has 2 unspecified atom stereocenters. The molecule has 6 nitrogen and oxygen atoms in total. The largest absolute Gasteiger partial charge is 0.376 e. The van der Waals surface area contributed by atoms with Crippen LogP contribution >= 0.6 is 15.9 Å². The van der Waals surface area contributed by atoms with Crippen molar-refractivity contribution in [2.75, 3.05) is 13.2 Å². The van der Waals surface area contributed by atoms with E-state index in [1.807, 2.05) is 66.1 Å². The molecule has 1 aromatic heterocycles. The molecule has 0 aliphatic carbocycles. The fraction of sp³-hybridized carbons (Fsp3) is 0.360. The van der Waals surface area contributed by atoms with Crippen molar-refractivity contribution < 1.29 is 14.3 Å². The van der Waals surface area contributed by atoms with Crippen LogP contribution < -0.4 is 5.32 Å². The van der Waals surface area contributed by atoms with E-state index in [9.17, 15) is 9.59 Å². The van der Waals surface area contributed by atoms with Gasteiger partial charge in [-0.25, -0.2) is 0 Å². The second-order valence-electron chi connectivity index (χ2n) is 8.78. The van der Waals surface area contributed by atoms with Crippen molar-refractivity contribution >= 4 is 38.6 Å². The highest BCUT2D eigenvalue weighted by Gasteiger charge is 2.47. The summed E-state index contributed by atoms with van der Waals surface area (Å²) in [5.41, 5.74) is 1.50. The monoisotopic (exact) mass is 495 g/mol. The molecule has 0 bridgehead atoms. The first-order chi connectivity index (χ1) is 15.5. The van der Waals surface area contributed by atoms with Crippen LogP contribution in [0.3, 0.4) is 0 Å². The van der Waals surface area contributed by atoms with Crippen molar-refractivity contribution in [3.8, 4) is 0 Å². The highest BCUT2D eigenvalue weighted by molar-refractivity contribution is 9.10. The molecule has 2 aliphatic heterocycles. The van der Waals surface area contributed by atoms with Gasteiger partial charge in [0.2, 0.25) is 5.91 Å². The maximum absolute atomic E-state index is 13.8. The average molecular weight is 496 g/mol. The van der Waals surface area contributed by atoms with E-state index in [1.54, 1.807) is 4.90 Å². The second kappa shape index (κ2) is 8.37. The Balaban J connectivity index is 1.53. The van der Waals surface area contributed by atoms with E-state index in [-0.39, 0.29) is 17.9 Å². The van der Waals surface area contributed by atoms with Crippen LogP contribution in [0.2, 0.25) is 0 Å². The number of rotatable bonds is 5. The van der Waals surface area contributed by atoms with Crippen LogP contribution in [0.4, 0.5) is 0 Å². The summed E-state index contributed by atoms with van der Waals surface area (Å²) in [6.45, 7) is 3.80. The molecule has 1 saturated heterocycles. The molecule has 3 heterocycles. The fourth-order valence-corrected chi connectivity index (χ4v) is 5.16. The third-order valence-electron chi connectivity index (χ3n) is 6.63. The minimum absolute atomic E-state index is 0.0431. The number of carbonyl (C=O) groups excluding carboxylic acids is 2. The Labute approximate surface area is 195 Å². The zero-order chi connectivity index (χ0) is 22.3. The molecule has 166 valence electrons. The van der Waals surface area contributed by atoms with Crippen LogP contribution in [0.1, 0.15) is 35.8 Å². The smallest absolute Gasteiger partial charge is 0.271 e. The Morgan fingerprint density at radius 3 is 2.78 bits per heavy atom. The van der Waals surface area contributed by atoms with Gasteiger partial charge in [-0.3, -0.25) is 9.59 Å². The normalized spacial score (nSPS) is 22.9. The van der Waals surface area contributed by atoms with E-state index in [2.05, 4.69) is 21.2 Å². The molecular weight excluding hydrogens is 470 g/mol. The Hall–Kier alpha value is -2.64. The fourth-order valence-electron chi connectivity index (χ4n) is 4.75. The zero-order valence-electron chi connectivity index (χ0n) is 18.0. The first kappa shape index (κ1) is 21.2. The van der Waals surface area contributed by atoms with Crippen molar-refractivity contribution in [2.45, 2.75) is 44.5 Å². The maximum atomic E-state index is 13.8. The van der Waals surface area contributed by atoms with Crippen molar-refractivity contribution in [3.63, 3.8) is 0 Å². The maximum Gasteiger partial charge on any atom is 0.271 e. The lowest BCUT2D eigenvalue weighted by Gasteiger charge is -2.44. The summed E-state index contributed by atoms with van der Waals surface area (Å²) in [6.07, 6.45) is 2.01. The summed E-state index contributed by atoms with van der Waals surface area (Å²) >= 11 is 3.59. The molecule has 5 rings (SSSR count). The molecule has 1 fully saturated rings. The van der Waals surface area contributed by atoms with Gasteiger partial charge >= 0.3 is 0 Å². The summed E-state index contributed by atoms with van der Waals surface area (Å²) < 4.78 is 8.58. The van der Waals surface area contributed by atoms with Gasteiger partial charge in [-0.15, -0.1) is 0 Å². The predicted molar refractivity (Wildman–Crippen MR) is 126 cm³/mol. The highest BCUT2D eigenvalue weighted by atomic mass is 79.9. The molecule has 2 aliphatic rings. The lowest BCUT2D eigenvalue weighted by molar-refractivity contribution is -0.133. The SMILES string of the molecule is CC1(C(=O)NCC2CCCO2)Cn2c(cc3ccccc32)C(=O)N1Cc1ccccc1Br. The van der Waals surface area contributed by atoms with E-state index < -0.39 is 5.54 Å². The van der Waals surface area contributed by atoms with Gasteiger partial charge < -0.3 is 19.5 Å². The predicted octanol–water partition coefficient (Wildman–Crippen LogP) is 4.11. The number of aromatic nitrogens is 1. The van der Waals surface area contributed by atoms with Crippen LogP contribution in [0.15, 0.2) is 59.1 Å². The topological polar surface area (TPSA) is 63.6 Å². The number of ether oxygens (including phenoxy) is 1. The number of fused-ring (bicyclic) bond motifs is 3. The van der Waals surface area contributed by atoms with Crippen molar-refractivity contribution in [1.29, 1.82) is 0 Å². The van der Waals surface area contributed by atoms with Gasteiger partial charge in [0.1, 0.15) is 11.2 Å². The van der Waals surface area contributed by atoms with Gasteiger partial charge in [0.25, 0.3) is 5.91 Å². The third-order valence-corrected chi connectivity index (χ3v) is 7.40. The molecule has 32 heavy (non-hydrogen) atoms. The number of nitrogens with zero attached hydrogens (tertiary/aromatic N) is 2. The molecule has 2 amide bonds. The van der Waals surface area contributed by atoms with Crippen LogP contribution in [-0.2, 0) is 22.6 Å². The summed E-state index contributed by atoms with van der Waals surface area (Å²) in [4.78, 5) is 29.1. The number of para-hydroxylation sites is 1. The first-order valence-corrected chi connectivity index (χ1v) is 11.8. The highest BCUT2D eigenvalue weighted by Crippen LogP contribution is 2.34. The van der Waals surface area contributed by atoms with Gasteiger partial charge in [0.05, 0.1) is 12.6 Å². The quantitative estimate of drug-likeness (QED) is 0.579. The Kier molecular flexibility index (Phi) is 5.55. The minimum atomic E-state index is -1.04. The molecule has 3 aromatic rings. The van der Waals surface area contributed by atoms with Crippen LogP contribution in [0.25, 0.3) is 10.9 Å². The van der Waals surface area contributed by atoms with Gasteiger partial charge in [-0.1, -0.05) is 52.3 Å². The number of amides is 2. The van der Waals surface area contributed by atoms with E-state index in [0.29, 0.717) is 25.3 Å². The summed E-state index contributed by atoms with van der Waals surface area (Å²) in [6, 6.07) is 17.7. The number of hydrogen-bond acceptors (Lipinski definition) is 3. The van der Waals surface area contributed by atoms with E-state index >= 15 is 0 Å². The number of halogens is 1.